The minimum Gasteiger partial charge on any atom is -0.304 e. The summed E-state index contributed by atoms with van der Waals surface area (Å²) >= 11 is 0. The number of hydrogen-bond donors (Lipinski definition) is 1. The molecule has 0 spiro atoms. The largest absolute Gasteiger partial charge is 0.304 e. The molecule has 1 N–H and O–H groups in total. The van der Waals surface area contributed by atoms with Crippen molar-refractivity contribution < 1.29 is 0 Å². The van der Waals surface area contributed by atoms with Gasteiger partial charge >= 0.3 is 0 Å². The predicted octanol–water partition coefficient (Wildman–Crippen LogP) is 2.73. The van der Waals surface area contributed by atoms with E-state index in [1.54, 1.807) is 0 Å². The van der Waals surface area contributed by atoms with E-state index < -0.39 is 0 Å². The molecule has 11 heavy (non-hydrogen) atoms. The Hall–Kier alpha value is -0.300. The maximum absolute atomic E-state index is 3.51. The monoisotopic (exact) mass is 155 g/mol. The van der Waals surface area contributed by atoms with E-state index in [4.69, 9.17) is 0 Å². The van der Waals surface area contributed by atoms with E-state index in [1.807, 2.05) is 6.92 Å². The Morgan fingerprint density at radius 3 is 1.73 bits per heavy atom. The molecule has 0 aromatic carbocycles. The predicted molar refractivity (Wildman–Crippen MR) is 51.8 cm³/mol. The van der Waals surface area contributed by atoms with Crippen molar-refractivity contribution in [2.75, 3.05) is 0 Å². The zero-order valence-corrected chi connectivity index (χ0v) is 8.65. The van der Waals surface area contributed by atoms with Crippen molar-refractivity contribution >= 4 is 0 Å². The quantitative estimate of drug-likeness (QED) is 0.605. The number of rotatable bonds is 2. The molecular weight excluding hydrogens is 134 g/mol. The fourth-order valence-corrected chi connectivity index (χ4v) is 1.42. The summed E-state index contributed by atoms with van der Waals surface area (Å²) in [7, 11) is 0. The van der Waals surface area contributed by atoms with Crippen LogP contribution in [-0.2, 0) is 0 Å². The minimum absolute atomic E-state index is 0.104. The summed E-state index contributed by atoms with van der Waals surface area (Å²) in [6.07, 6.45) is 4.26. The van der Waals surface area contributed by atoms with Gasteiger partial charge in [0, 0.05) is 11.1 Å². The Bertz CT molecular complexity index is 137. The van der Waals surface area contributed by atoms with E-state index in [2.05, 4.69) is 52.1 Å². The standard InChI is InChI=1S/C10H21N/c1-7-8-10(5,6)11-9(2,3)4/h7-8,11H,1-6H3. The van der Waals surface area contributed by atoms with Gasteiger partial charge in [0.1, 0.15) is 0 Å². The molecule has 1 heteroatoms. The molecule has 0 aliphatic carbocycles. The summed E-state index contributed by atoms with van der Waals surface area (Å²) in [6, 6.07) is 0. The molecule has 0 heterocycles. The first-order chi connectivity index (χ1) is 4.77. The van der Waals surface area contributed by atoms with Crippen molar-refractivity contribution in [3.05, 3.63) is 12.2 Å². The lowest BCUT2D eigenvalue weighted by molar-refractivity contribution is 0.330. The molecule has 0 radical (unpaired) electrons. The summed E-state index contributed by atoms with van der Waals surface area (Å²) < 4.78 is 0. The molecule has 0 atom stereocenters. The normalized spacial score (nSPS) is 14.4. The van der Waals surface area contributed by atoms with Crippen LogP contribution in [0.1, 0.15) is 41.5 Å². The van der Waals surface area contributed by atoms with Gasteiger partial charge in [0.2, 0.25) is 0 Å². The summed E-state index contributed by atoms with van der Waals surface area (Å²) in [5.74, 6) is 0. The third-order valence-electron chi connectivity index (χ3n) is 1.28. The third-order valence-corrected chi connectivity index (χ3v) is 1.28. The van der Waals surface area contributed by atoms with Gasteiger partial charge in [-0.3, -0.25) is 0 Å². The van der Waals surface area contributed by atoms with Gasteiger partial charge in [0.05, 0.1) is 0 Å². The number of nitrogens with one attached hydrogen (secondary N) is 1. The van der Waals surface area contributed by atoms with Crippen molar-refractivity contribution in [1.29, 1.82) is 0 Å². The Labute approximate surface area is 70.9 Å². The van der Waals surface area contributed by atoms with Gasteiger partial charge < -0.3 is 5.32 Å². The Morgan fingerprint density at radius 2 is 1.45 bits per heavy atom. The van der Waals surface area contributed by atoms with Gasteiger partial charge in [-0.25, -0.2) is 0 Å². The molecule has 0 aliphatic rings. The van der Waals surface area contributed by atoms with Crippen LogP contribution in [0.5, 0.6) is 0 Å². The fourth-order valence-electron chi connectivity index (χ4n) is 1.42. The SMILES string of the molecule is CC=CC(C)(C)NC(C)(C)C. The topological polar surface area (TPSA) is 12.0 Å². The van der Waals surface area contributed by atoms with Gasteiger partial charge in [-0.1, -0.05) is 12.2 Å². The van der Waals surface area contributed by atoms with Crippen molar-refractivity contribution in [2.45, 2.75) is 52.6 Å². The van der Waals surface area contributed by atoms with Gasteiger partial charge in [-0.05, 0) is 41.5 Å². The van der Waals surface area contributed by atoms with Crippen molar-refractivity contribution in [3.63, 3.8) is 0 Å². The summed E-state index contributed by atoms with van der Waals surface area (Å²) in [4.78, 5) is 0. The minimum atomic E-state index is 0.104. The molecule has 0 saturated carbocycles. The molecular formula is C10H21N. The van der Waals surface area contributed by atoms with Crippen LogP contribution in [0.2, 0.25) is 0 Å². The second kappa shape index (κ2) is 3.40. The van der Waals surface area contributed by atoms with Crippen LogP contribution in [0, 0.1) is 0 Å². The first kappa shape index (κ1) is 10.7. The van der Waals surface area contributed by atoms with Gasteiger partial charge in [0.25, 0.3) is 0 Å². The second-order valence-electron chi connectivity index (χ2n) is 4.60. The lowest BCUT2D eigenvalue weighted by atomic mass is 9.98. The summed E-state index contributed by atoms with van der Waals surface area (Å²) in [5, 5.41) is 3.51. The maximum Gasteiger partial charge on any atom is 0.0311 e. The maximum atomic E-state index is 3.51. The average molecular weight is 155 g/mol. The van der Waals surface area contributed by atoms with Crippen LogP contribution in [0.25, 0.3) is 0 Å². The number of hydrogen-bond acceptors (Lipinski definition) is 1. The summed E-state index contributed by atoms with van der Waals surface area (Å²) in [5.41, 5.74) is 0.288. The van der Waals surface area contributed by atoms with E-state index in [9.17, 15) is 0 Å². The molecule has 1 nitrogen and oxygen atoms in total. The molecule has 0 unspecified atom stereocenters. The van der Waals surface area contributed by atoms with Gasteiger partial charge in [-0.2, -0.15) is 0 Å². The zero-order chi connectivity index (χ0) is 9.12. The van der Waals surface area contributed by atoms with Crippen LogP contribution in [0.3, 0.4) is 0 Å². The molecule has 0 aliphatic heterocycles. The number of allylic oxidation sites excluding steroid dienone is 1. The third kappa shape index (κ3) is 6.11. The van der Waals surface area contributed by atoms with E-state index in [0.717, 1.165) is 0 Å². The van der Waals surface area contributed by atoms with Gasteiger partial charge in [-0.15, -0.1) is 0 Å². The Morgan fingerprint density at radius 1 is 1.00 bits per heavy atom. The molecule has 0 fully saturated rings. The smallest absolute Gasteiger partial charge is 0.0311 e. The first-order valence-corrected chi connectivity index (χ1v) is 4.20. The van der Waals surface area contributed by atoms with Crippen molar-refractivity contribution in [1.82, 2.24) is 5.32 Å². The molecule has 0 saturated heterocycles. The Balaban J connectivity index is 4.13. The molecule has 0 aromatic rings. The Kier molecular flexibility index (Phi) is 3.30. The highest BCUT2D eigenvalue weighted by atomic mass is 15.0. The van der Waals surface area contributed by atoms with E-state index in [-0.39, 0.29) is 11.1 Å². The van der Waals surface area contributed by atoms with E-state index in [1.165, 1.54) is 0 Å². The first-order valence-electron chi connectivity index (χ1n) is 4.20. The molecule has 0 rings (SSSR count). The van der Waals surface area contributed by atoms with Crippen LogP contribution in [-0.4, -0.2) is 11.1 Å². The van der Waals surface area contributed by atoms with Crippen LogP contribution in [0.4, 0.5) is 0 Å². The highest BCUT2D eigenvalue weighted by molar-refractivity contribution is 5.02. The van der Waals surface area contributed by atoms with Crippen molar-refractivity contribution in [2.24, 2.45) is 0 Å². The highest BCUT2D eigenvalue weighted by Gasteiger charge is 2.20. The highest BCUT2D eigenvalue weighted by Crippen LogP contribution is 2.11. The van der Waals surface area contributed by atoms with Gasteiger partial charge in [0.15, 0.2) is 0 Å². The summed E-state index contributed by atoms with van der Waals surface area (Å²) in [6.45, 7) is 12.9. The fraction of sp³-hybridized carbons (Fsp3) is 0.800. The lowest BCUT2D eigenvalue weighted by Gasteiger charge is -2.32. The van der Waals surface area contributed by atoms with Crippen LogP contribution < -0.4 is 5.32 Å². The molecule has 0 amide bonds. The molecule has 0 bridgehead atoms. The van der Waals surface area contributed by atoms with Crippen LogP contribution >= 0.6 is 0 Å². The lowest BCUT2D eigenvalue weighted by Crippen LogP contribution is -2.49. The van der Waals surface area contributed by atoms with E-state index >= 15 is 0 Å². The second-order valence-corrected chi connectivity index (χ2v) is 4.60. The zero-order valence-electron chi connectivity index (χ0n) is 8.65. The van der Waals surface area contributed by atoms with Crippen LogP contribution in [0.15, 0.2) is 12.2 Å². The van der Waals surface area contributed by atoms with E-state index in [0.29, 0.717) is 0 Å². The average Bonchev–Trinajstić information content (AvgIpc) is 1.55. The molecule has 66 valence electrons. The van der Waals surface area contributed by atoms with Crippen molar-refractivity contribution in [3.8, 4) is 0 Å². The molecule has 0 aromatic heterocycles.